The van der Waals surface area contributed by atoms with Crippen LogP contribution < -0.4 is 10.6 Å². The van der Waals surface area contributed by atoms with Crippen LogP contribution in [0, 0.1) is 13.8 Å². The van der Waals surface area contributed by atoms with Crippen molar-refractivity contribution in [1.82, 2.24) is 14.4 Å². The normalized spacial score (nSPS) is 11.0. The lowest BCUT2D eigenvalue weighted by atomic mass is 10.1. The van der Waals surface area contributed by atoms with Gasteiger partial charge < -0.3 is 5.32 Å². The van der Waals surface area contributed by atoms with E-state index in [1.54, 1.807) is 6.20 Å². The van der Waals surface area contributed by atoms with Gasteiger partial charge in [-0.15, -0.1) is 0 Å². The minimum atomic E-state index is -0.164. The molecule has 130 valence electrons. The Morgan fingerprint density at radius 3 is 2.46 bits per heavy atom. The molecule has 2 aromatic carbocycles. The molecule has 0 saturated carbocycles. The third-order valence-electron chi connectivity index (χ3n) is 4.37. The molecule has 0 unspecified atom stereocenters. The predicted octanol–water partition coefficient (Wildman–Crippen LogP) is 4.20. The fourth-order valence-electron chi connectivity index (χ4n) is 3.16. The first kappa shape index (κ1) is 16.1. The van der Waals surface area contributed by atoms with Gasteiger partial charge in [0, 0.05) is 12.6 Å². The van der Waals surface area contributed by atoms with Crippen LogP contribution in [0.5, 0.6) is 0 Å². The summed E-state index contributed by atoms with van der Waals surface area (Å²) < 4.78 is 1.92. The molecular formula is C20H19N5O. The largest absolute Gasteiger partial charge is 0.338 e. The van der Waals surface area contributed by atoms with Crippen molar-refractivity contribution in [3.63, 3.8) is 0 Å². The van der Waals surface area contributed by atoms with E-state index in [2.05, 4.69) is 41.6 Å². The Bertz CT molecular complexity index is 1130. The Kier molecular flexibility index (Phi) is 3.80. The van der Waals surface area contributed by atoms with E-state index in [0.717, 1.165) is 33.4 Å². The Morgan fingerprint density at radius 1 is 1.00 bits per heavy atom. The molecule has 6 nitrogen and oxygen atoms in total. The van der Waals surface area contributed by atoms with Crippen LogP contribution in [0.3, 0.4) is 0 Å². The second kappa shape index (κ2) is 6.15. The molecule has 2 aromatic heterocycles. The number of benzene rings is 2. The van der Waals surface area contributed by atoms with Gasteiger partial charge >= 0.3 is 0 Å². The van der Waals surface area contributed by atoms with Gasteiger partial charge in [0.2, 0.25) is 11.9 Å². The highest BCUT2D eigenvalue weighted by Gasteiger charge is 2.15. The van der Waals surface area contributed by atoms with Crippen LogP contribution in [0.25, 0.3) is 16.6 Å². The number of aryl methyl sites for hydroxylation is 2. The van der Waals surface area contributed by atoms with Crippen LogP contribution in [-0.4, -0.2) is 20.3 Å². The lowest BCUT2D eigenvalue weighted by Crippen LogP contribution is -2.10. The van der Waals surface area contributed by atoms with Crippen molar-refractivity contribution >= 4 is 39.9 Å². The summed E-state index contributed by atoms with van der Waals surface area (Å²) in [6, 6.07) is 14.0. The molecule has 0 spiro atoms. The summed E-state index contributed by atoms with van der Waals surface area (Å²) in [6.07, 6.45) is 1.72. The topological polar surface area (TPSA) is 71.3 Å². The van der Waals surface area contributed by atoms with Gasteiger partial charge in [0.25, 0.3) is 0 Å². The molecule has 0 aliphatic carbocycles. The molecule has 26 heavy (non-hydrogen) atoms. The number of amides is 1. The maximum atomic E-state index is 11.6. The first-order chi connectivity index (χ1) is 12.5. The Morgan fingerprint density at radius 2 is 1.73 bits per heavy atom. The molecular weight excluding hydrogens is 326 g/mol. The van der Waals surface area contributed by atoms with Crippen LogP contribution in [0.15, 0.2) is 48.7 Å². The zero-order valence-electron chi connectivity index (χ0n) is 14.9. The third kappa shape index (κ3) is 2.65. The predicted molar refractivity (Wildman–Crippen MR) is 104 cm³/mol. The maximum Gasteiger partial charge on any atom is 0.223 e. The Labute approximate surface area is 150 Å². The van der Waals surface area contributed by atoms with E-state index >= 15 is 0 Å². The zero-order chi connectivity index (χ0) is 18.3. The van der Waals surface area contributed by atoms with Crippen molar-refractivity contribution in [1.29, 1.82) is 0 Å². The van der Waals surface area contributed by atoms with Crippen molar-refractivity contribution in [2.75, 3.05) is 10.6 Å². The molecule has 4 rings (SSSR count). The summed E-state index contributed by atoms with van der Waals surface area (Å²) in [6.45, 7) is 5.60. The highest BCUT2D eigenvalue weighted by molar-refractivity contribution is 5.92. The number of rotatable bonds is 3. The van der Waals surface area contributed by atoms with E-state index in [9.17, 15) is 4.79 Å². The average Bonchev–Trinajstić information content (AvgIpc) is 3.02. The molecule has 0 atom stereocenters. The van der Waals surface area contributed by atoms with E-state index in [4.69, 9.17) is 4.98 Å². The lowest BCUT2D eigenvalue weighted by molar-refractivity contribution is -0.114. The van der Waals surface area contributed by atoms with E-state index in [1.165, 1.54) is 6.92 Å². The van der Waals surface area contributed by atoms with Gasteiger partial charge in [0.1, 0.15) is 5.52 Å². The minimum absolute atomic E-state index is 0.164. The summed E-state index contributed by atoms with van der Waals surface area (Å²) in [5.74, 6) is 1.02. The molecule has 4 aromatic rings. The van der Waals surface area contributed by atoms with Gasteiger partial charge in [-0.05, 0) is 37.1 Å². The lowest BCUT2D eigenvalue weighted by Gasteiger charge is -2.14. The van der Waals surface area contributed by atoms with Crippen molar-refractivity contribution in [3.8, 4) is 0 Å². The highest BCUT2D eigenvalue weighted by Crippen LogP contribution is 2.30. The molecule has 0 aliphatic rings. The number of anilines is 3. The monoisotopic (exact) mass is 345 g/mol. The van der Waals surface area contributed by atoms with E-state index in [-0.39, 0.29) is 5.91 Å². The average molecular weight is 345 g/mol. The fraction of sp³-hybridized carbons (Fsp3) is 0.150. The number of nitrogens with one attached hydrogen (secondary N) is 2. The molecule has 0 aliphatic heterocycles. The number of nitrogens with zero attached hydrogens (tertiary/aromatic N) is 3. The molecule has 2 heterocycles. The second-order valence-electron chi connectivity index (χ2n) is 6.32. The number of imidazole rings is 1. The molecule has 1 amide bonds. The molecule has 0 saturated heterocycles. The molecule has 0 bridgehead atoms. The van der Waals surface area contributed by atoms with Crippen molar-refractivity contribution < 1.29 is 4.79 Å². The minimum Gasteiger partial charge on any atom is -0.338 e. The second-order valence-corrected chi connectivity index (χ2v) is 6.32. The first-order valence-corrected chi connectivity index (χ1v) is 8.41. The molecule has 0 fully saturated rings. The van der Waals surface area contributed by atoms with Crippen molar-refractivity contribution in [3.05, 3.63) is 59.8 Å². The van der Waals surface area contributed by atoms with Gasteiger partial charge in [-0.1, -0.05) is 30.3 Å². The zero-order valence-corrected chi connectivity index (χ0v) is 14.9. The number of carbonyl (C=O) groups excluding carboxylic acids is 1. The molecule has 2 N–H and O–H groups in total. The van der Waals surface area contributed by atoms with Crippen LogP contribution >= 0.6 is 0 Å². The Balaban J connectivity index is 1.97. The number of aromatic nitrogens is 3. The smallest absolute Gasteiger partial charge is 0.223 e. The SMILES string of the molecule is CC(=O)Nc1ncc2c(Nc3c(C)cccc3C)nc3ccccc3n12. The number of fused-ring (bicyclic) bond motifs is 3. The highest BCUT2D eigenvalue weighted by atomic mass is 16.1. The summed E-state index contributed by atoms with van der Waals surface area (Å²) in [7, 11) is 0. The van der Waals surface area contributed by atoms with E-state index < -0.39 is 0 Å². The molecule has 0 radical (unpaired) electrons. The number of carbonyl (C=O) groups is 1. The maximum absolute atomic E-state index is 11.6. The van der Waals surface area contributed by atoms with Gasteiger partial charge in [-0.25, -0.2) is 9.97 Å². The van der Waals surface area contributed by atoms with Crippen LogP contribution in [0.2, 0.25) is 0 Å². The van der Waals surface area contributed by atoms with Crippen LogP contribution in [0.1, 0.15) is 18.1 Å². The van der Waals surface area contributed by atoms with Gasteiger partial charge in [0.05, 0.1) is 17.2 Å². The van der Waals surface area contributed by atoms with Gasteiger partial charge in [0.15, 0.2) is 5.82 Å². The standard InChI is InChI=1S/C20H19N5O/c1-12-7-6-8-13(2)18(12)24-19-17-11-21-20(22-14(3)26)25(17)16-10-5-4-9-15(16)23-19/h4-11H,1-3H3,(H,23,24)(H,21,22,26). The summed E-state index contributed by atoms with van der Waals surface area (Å²) in [5, 5.41) is 6.25. The van der Waals surface area contributed by atoms with Crippen LogP contribution in [0.4, 0.5) is 17.5 Å². The van der Waals surface area contributed by atoms with Crippen molar-refractivity contribution in [2.45, 2.75) is 20.8 Å². The number of hydrogen-bond acceptors (Lipinski definition) is 4. The quantitative estimate of drug-likeness (QED) is 0.584. The van der Waals surface area contributed by atoms with Gasteiger partial charge in [-0.3, -0.25) is 14.5 Å². The molecule has 6 heteroatoms. The van der Waals surface area contributed by atoms with E-state index in [0.29, 0.717) is 11.8 Å². The van der Waals surface area contributed by atoms with E-state index in [1.807, 2.05) is 34.7 Å². The fourth-order valence-corrected chi connectivity index (χ4v) is 3.16. The van der Waals surface area contributed by atoms with Gasteiger partial charge in [-0.2, -0.15) is 0 Å². The first-order valence-electron chi connectivity index (χ1n) is 8.41. The summed E-state index contributed by atoms with van der Waals surface area (Å²) >= 11 is 0. The van der Waals surface area contributed by atoms with Crippen LogP contribution in [-0.2, 0) is 4.79 Å². The number of para-hydroxylation sites is 3. The number of hydrogen-bond donors (Lipinski definition) is 2. The van der Waals surface area contributed by atoms with Crippen molar-refractivity contribution in [2.24, 2.45) is 0 Å². The Hall–Kier alpha value is -3.41. The summed E-state index contributed by atoms with van der Waals surface area (Å²) in [5.41, 5.74) is 5.81. The summed E-state index contributed by atoms with van der Waals surface area (Å²) in [4.78, 5) is 20.7. The third-order valence-corrected chi connectivity index (χ3v) is 4.37.